The minimum Gasteiger partial charge on any atom is -0.497 e. The van der Waals surface area contributed by atoms with Crippen molar-refractivity contribution < 1.29 is 23.9 Å². The fourth-order valence-electron chi connectivity index (χ4n) is 3.33. The molecule has 2 N–H and O–H groups in total. The molecule has 2 amide bonds. The summed E-state index contributed by atoms with van der Waals surface area (Å²) in [4.78, 5) is 36.7. The lowest BCUT2D eigenvalue weighted by molar-refractivity contribution is -0.152. The van der Waals surface area contributed by atoms with Crippen LogP contribution < -0.4 is 15.4 Å². The van der Waals surface area contributed by atoms with Gasteiger partial charge in [0.15, 0.2) is 6.61 Å². The lowest BCUT2D eigenvalue weighted by Crippen LogP contribution is -2.46. The molecule has 2 rings (SSSR count). The van der Waals surface area contributed by atoms with Gasteiger partial charge in [-0.15, -0.1) is 0 Å². The van der Waals surface area contributed by atoms with Gasteiger partial charge in [0.25, 0.3) is 5.91 Å². The first-order chi connectivity index (χ1) is 14.4. The molecule has 0 bridgehead atoms. The molecule has 0 radical (unpaired) electrons. The summed E-state index contributed by atoms with van der Waals surface area (Å²) in [7, 11) is 1.59. The molecular formula is C23H32N2O5. The molecule has 1 fully saturated rings. The van der Waals surface area contributed by atoms with E-state index in [1.54, 1.807) is 25.3 Å². The second-order valence-corrected chi connectivity index (χ2v) is 7.85. The fraction of sp³-hybridized carbons (Fsp3) is 0.522. The van der Waals surface area contributed by atoms with Crippen molar-refractivity contribution in [1.29, 1.82) is 0 Å². The van der Waals surface area contributed by atoms with E-state index in [4.69, 9.17) is 9.47 Å². The molecule has 0 spiro atoms. The van der Waals surface area contributed by atoms with Crippen LogP contribution in [0.25, 0.3) is 6.08 Å². The van der Waals surface area contributed by atoms with E-state index >= 15 is 0 Å². The third-order valence-corrected chi connectivity index (χ3v) is 5.08. The maximum Gasteiger partial charge on any atom is 0.329 e. The highest BCUT2D eigenvalue weighted by atomic mass is 16.5. The number of carbonyl (C=O) groups is 3. The molecule has 1 aromatic carbocycles. The molecule has 0 aromatic heterocycles. The topological polar surface area (TPSA) is 93.7 Å². The van der Waals surface area contributed by atoms with Crippen molar-refractivity contribution in [2.45, 2.75) is 58.0 Å². The predicted molar refractivity (Wildman–Crippen MR) is 115 cm³/mol. The highest BCUT2D eigenvalue weighted by Crippen LogP contribution is 2.17. The first kappa shape index (κ1) is 23.4. The van der Waals surface area contributed by atoms with Gasteiger partial charge in [-0.05, 0) is 42.5 Å². The average molecular weight is 417 g/mol. The van der Waals surface area contributed by atoms with E-state index in [0.717, 1.165) is 37.0 Å². The van der Waals surface area contributed by atoms with E-state index in [1.165, 1.54) is 12.5 Å². The third-order valence-electron chi connectivity index (χ3n) is 5.08. The number of esters is 1. The molecule has 1 saturated carbocycles. The predicted octanol–water partition coefficient (Wildman–Crippen LogP) is 2.84. The summed E-state index contributed by atoms with van der Waals surface area (Å²) in [5.74, 6) is -0.782. The van der Waals surface area contributed by atoms with E-state index in [-0.39, 0.29) is 24.5 Å². The number of carbonyl (C=O) groups excluding carboxylic acids is 3. The summed E-state index contributed by atoms with van der Waals surface area (Å²) in [5, 5.41) is 5.56. The van der Waals surface area contributed by atoms with E-state index in [2.05, 4.69) is 10.6 Å². The van der Waals surface area contributed by atoms with Crippen molar-refractivity contribution in [3.8, 4) is 5.75 Å². The Hall–Kier alpha value is -2.83. The van der Waals surface area contributed by atoms with Gasteiger partial charge in [0, 0.05) is 12.1 Å². The van der Waals surface area contributed by atoms with Gasteiger partial charge in [-0.25, -0.2) is 4.79 Å². The Kier molecular flexibility index (Phi) is 9.38. The zero-order valence-electron chi connectivity index (χ0n) is 18.0. The zero-order chi connectivity index (χ0) is 21.9. The van der Waals surface area contributed by atoms with Gasteiger partial charge in [0.05, 0.1) is 7.11 Å². The summed E-state index contributed by atoms with van der Waals surface area (Å²) in [5.41, 5.74) is 0.828. The van der Waals surface area contributed by atoms with Gasteiger partial charge in [0.1, 0.15) is 11.8 Å². The van der Waals surface area contributed by atoms with E-state index in [0.29, 0.717) is 0 Å². The molecule has 0 heterocycles. The fourth-order valence-corrected chi connectivity index (χ4v) is 3.33. The van der Waals surface area contributed by atoms with E-state index < -0.39 is 17.9 Å². The average Bonchev–Trinajstić information content (AvgIpc) is 2.75. The van der Waals surface area contributed by atoms with Gasteiger partial charge in [-0.3, -0.25) is 9.59 Å². The van der Waals surface area contributed by atoms with Crippen LogP contribution in [-0.2, 0) is 19.1 Å². The smallest absolute Gasteiger partial charge is 0.329 e. The first-order valence-corrected chi connectivity index (χ1v) is 10.5. The Labute approximate surface area is 178 Å². The molecule has 30 heavy (non-hydrogen) atoms. The van der Waals surface area contributed by atoms with Crippen LogP contribution in [0.3, 0.4) is 0 Å². The van der Waals surface area contributed by atoms with Crippen LogP contribution in [0, 0.1) is 5.92 Å². The van der Waals surface area contributed by atoms with Crippen molar-refractivity contribution in [2.75, 3.05) is 13.7 Å². The zero-order valence-corrected chi connectivity index (χ0v) is 18.0. The minimum atomic E-state index is -0.833. The molecular weight excluding hydrogens is 384 g/mol. The number of hydrogen-bond acceptors (Lipinski definition) is 5. The van der Waals surface area contributed by atoms with Gasteiger partial charge in [-0.1, -0.05) is 45.2 Å². The Bertz CT molecular complexity index is 736. The molecule has 7 heteroatoms. The number of benzene rings is 1. The van der Waals surface area contributed by atoms with Crippen molar-refractivity contribution in [1.82, 2.24) is 10.6 Å². The number of ether oxygens (including phenoxy) is 2. The van der Waals surface area contributed by atoms with Crippen molar-refractivity contribution in [2.24, 2.45) is 5.92 Å². The molecule has 1 aliphatic carbocycles. The Balaban J connectivity index is 1.82. The standard InChI is InChI=1S/C23H32N2O5/c1-16(2)22(23(28)30-15-21(27)24-18-7-5-4-6-8-18)25-20(26)14-11-17-9-12-19(29-3)13-10-17/h9-14,16,18,22H,4-8,15H2,1-3H3,(H,24,27)(H,25,26)/b14-11+/t22-/m0/s1. The molecule has 164 valence electrons. The van der Waals surface area contributed by atoms with Crippen LogP contribution in [0.1, 0.15) is 51.5 Å². The SMILES string of the molecule is COc1ccc(/C=C/C(=O)N[C@H](C(=O)OCC(=O)NC2CCCCC2)C(C)C)cc1. The molecule has 0 unspecified atom stereocenters. The van der Waals surface area contributed by atoms with Gasteiger partial charge in [0.2, 0.25) is 5.91 Å². The Morgan fingerprint density at radius 2 is 1.77 bits per heavy atom. The largest absolute Gasteiger partial charge is 0.497 e. The second kappa shape index (κ2) is 12.0. The highest BCUT2D eigenvalue weighted by Gasteiger charge is 2.26. The summed E-state index contributed by atoms with van der Waals surface area (Å²) in [6.45, 7) is 3.28. The Morgan fingerprint density at radius 1 is 1.10 bits per heavy atom. The van der Waals surface area contributed by atoms with Crippen LogP contribution in [0.2, 0.25) is 0 Å². The van der Waals surface area contributed by atoms with E-state index in [1.807, 2.05) is 26.0 Å². The molecule has 0 aliphatic heterocycles. The number of methoxy groups -OCH3 is 1. The van der Waals surface area contributed by atoms with Crippen LogP contribution in [0.5, 0.6) is 5.75 Å². The van der Waals surface area contributed by atoms with Crippen molar-refractivity contribution in [3.63, 3.8) is 0 Å². The molecule has 1 atom stereocenters. The third kappa shape index (κ3) is 7.89. The molecule has 1 aliphatic rings. The number of hydrogen-bond donors (Lipinski definition) is 2. The lowest BCUT2D eigenvalue weighted by Gasteiger charge is -2.23. The van der Waals surface area contributed by atoms with Crippen LogP contribution in [0.15, 0.2) is 30.3 Å². The molecule has 7 nitrogen and oxygen atoms in total. The number of amides is 2. The Morgan fingerprint density at radius 3 is 2.37 bits per heavy atom. The lowest BCUT2D eigenvalue weighted by atomic mass is 9.95. The summed E-state index contributed by atoms with van der Waals surface area (Å²) >= 11 is 0. The second-order valence-electron chi connectivity index (χ2n) is 7.85. The van der Waals surface area contributed by atoms with Crippen LogP contribution >= 0.6 is 0 Å². The van der Waals surface area contributed by atoms with Gasteiger partial charge < -0.3 is 20.1 Å². The highest BCUT2D eigenvalue weighted by molar-refractivity contribution is 5.95. The van der Waals surface area contributed by atoms with Crippen molar-refractivity contribution >= 4 is 23.9 Å². The van der Waals surface area contributed by atoms with Crippen molar-refractivity contribution in [3.05, 3.63) is 35.9 Å². The molecule has 0 saturated heterocycles. The number of rotatable bonds is 9. The quantitative estimate of drug-likeness (QED) is 0.477. The monoisotopic (exact) mass is 416 g/mol. The number of nitrogens with one attached hydrogen (secondary N) is 2. The van der Waals surface area contributed by atoms with Gasteiger partial charge in [-0.2, -0.15) is 0 Å². The molecule has 1 aromatic rings. The summed E-state index contributed by atoms with van der Waals surface area (Å²) in [6, 6.07) is 6.56. The first-order valence-electron chi connectivity index (χ1n) is 10.5. The maximum absolute atomic E-state index is 12.4. The summed E-state index contributed by atoms with van der Waals surface area (Å²) in [6.07, 6.45) is 8.35. The van der Waals surface area contributed by atoms with E-state index in [9.17, 15) is 14.4 Å². The van der Waals surface area contributed by atoms with Crippen LogP contribution in [-0.4, -0.2) is 43.6 Å². The normalized spacial score (nSPS) is 15.6. The maximum atomic E-state index is 12.4. The summed E-state index contributed by atoms with van der Waals surface area (Å²) < 4.78 is 10.3. The van der Waals surface area contributed by atoms with Crippen LogP contribution in [0.4, 0.5) is 0 Å². The van der Waals surface area contributed by atoms with Gasteiger partial charge >= 0.3 is 5.97 Å². The minimum absolute atomic E-state index is 0.161.